The van der Waals surface area contributed by atoms with Crippen molar-refractivity contribution in [1.82, 2.24) is 15.3 Å². The summed E-state index contributed by atoms with van der Waals surface area (Å²) in [7, 11) is 0. The summed E-state index contributed by atoms with van der Waals surface area (Å²) in [5.74, 6) is 0.179. The van der Waals surface area contributed by atoms with E-state index in [1.165, 1.54) is 19.2 Å². The van der Waals surface area contributed by atoms with Crippen LogP contribution in [0.25, 0.3) is 0 Å². The van der Waals surface area contributed by atoms with Crippen molar-refractivity contribution in [3.05, 3.63) is 17.8 Å². The molecule has 1 aromatic heterocycles. The maximum Gasteiger partial charge on any atom is 0.187 e. The second-order valence-electron chi connectivity index (χ2n) is 5.70. The molecule has 1 N–H and O–H groups in total. The number of halogens is 1. The summed E-state index contributed by atoms with van der Waals surface area (Å²) in [4.78, 5) is 10.3. The molecular weight excluding hydrogens is 255 g/mol. The number of piperidine rings is 1. The van der Waals surface area contributed by atoms with Crippen LogP contribution in [0, 0.1) is 5.82 Å². The standard InChI is InChI=1S/C15H25FN4/c1-4-13-14(16)15(19-10-18-13)20(11(2)3)9-12-7-5-6-8-17-12/h10-12,17H,4-9H2,1-3H3. The highest BCUT2D eigenvalue weighted by atomic mass is 19.1. The van der Waals surface area contributed by atoms with Gasteiger partial charge in [0.25, 0.3) is 0 Å². The number of hydrogen-bond acceptors (Lipinski definition) is 4. The van der Waals surface area contributed by atoms with Gasteiger partial charge in [-0.1, -0.05) is 13.3 Å². The molecule has 1 aromatic rings. The lowest BCUT2D eigenvalue weighted by Crippen LogP contribution is -2.46. The molecule has 0 bridgehead atoms. The van der Waals surface area contributed by atoms with E-state index in [1.54, 1.807) is 0 Å². The molecule has 0 saturated carbocycles. The highest BCUT2D eigenvalue weighted by Gasteiger charge is 2.23. The van der Waals surface area contributed by atoms with Crippen LogP contribution in [0.2, 0.25) is 0 Å². The topological polar surface area (TPSA) is 41.1 Å². The van der Waals surface area contributed by atoms with E-state index in [0.717, 1.165) is 19.5 Å². The first-order valence-electron chi connectivity index (χ1n) is 7.62. The summed E-state index contributed by atoms with van der Waals surface area (Å²) >= 11 is 0. The molecule has 1 unspecified atom stereocenters. The van der Waals surface area contributed by atoms with E-state index in [-0.39, 0.29) is 11.9 Å². The molecule has 4 nitrogen and oxygen atoms in total. The fourth-order valence-corrected chi connectivity index (χ4v) is 2.70. The third-order valence-corrected chi connectivity index (χ3v) is 3.90. The van der Waals surface area contributed by atoms with Crippen molar-refractivity contribution < 1.29 is 4.39 Å². The summed E-state index contributed by atoms with van der Waals surface area (Å²) in [5, 5.41) is 3.51. The molecule has 1 saturated heterocycles. The smallest absolute Gasteiger partial charge is 0.187 e. The van der Waals surface area contributed by atoms with Gasteiger partial charge in [0.05, 0.1) is 5.69 Å². The average Bonchev–Trinajstić information content (AvgIpc) is 2.46. The summed E-state index contributed by atoms with van der Waals surface area (Å²) in [6, 6.07) is 0.637. The van der Waals surface area contributed by atoms with E-state index in [1.807, 2.05) is 6.92 Å². The van der Waals surface area contributed by atoms with Gasteiger partial charge in [-0.05, 0) is 39.7 Å². The lowest BCUT2D eigenvalue weighted by Gasteiger charge is -2.34. The SMILES string of the molecule is CCc1ncnc(N(CC2CCCCN2)C(C)C)c1F. The van der Waals surface area contributed by atoms with Gasteiger partial charge in [0, 0.05) is 18.6 Å². The quantitative estimate of drug-likeness (QED) is 0.900. The first kappa shape index (κ1) is 15.2. The zero-order valence-corrected chi connectivity index (χ0v) is 12.7. The molecule has 0 aliphatic carbocycles. The van der Waals surface area contributed by atoms with E-state index >= 15 is 0 Å². The van der Waals surface area contributed by atoms with Crippen molar-refractivity contribution in [1.29, 1.82) is 0 Å². The van der Waals surface area contributed by atoms with E-state index in [2.05, 4.69) is 34.0 Å². The van der Waals surface area contributed by atoms with E-state index in [9.17, 15) is 4.39 Å². The number of hydrogen-bond donors (Lipinski definition) is 1. The van der Waals surface area contributed by atoms with Crippen molar-refractivity contribution >= 4 is 5.82 Å². The highest BCUT2D eigenvalue weighted by molar-refractivity contribution is 5.42. The van der Waals surface area contributed by atoms with Crippen LogP contribution in [0.15, 0.2) is 6.33 Å². The Hall–Kier alpha value is -1.23. The molecule has 0 amide bonds. The van der Waals surface area contributed by atoms with Gasteiger partial charge in [-0.15, -0.1) is 0 Å². The normalized spacial score (nSPS) is 19.4. The summed E-state index contributed by atoms with van der Waals surface area (Å²) < 4.78 is 14.5. The minimum atomic E-state index is -0.264. The minimum Gasteiger partial charge on any atom is -0.350 e. The highest BCUT2D eigenvalue weighted by Crippen LogP contribution is 2.22. The Kier molecular flexibility index (Phi) is 5.29. The van der Waals surface area contributed by atoms with Gasteiger partial charge >= 0.3 is 0 Å². The summed E-state index contributed by atoms with van der Waals surface area (Å²) in [5.41, 5.74) is 0.497. The van der Waals surface area contributed by atoms with E-state index in [0.29, 0.717) is 24.0 Å². The van der Waals surface area contributed by atoms with Crippen molar-refractivity contribution in [2.24, 2.45) is 0 Å². The number of rotatable bonds is 5. The van der Waals surface area contributed by atoms with E-state index in [4.69, 9.17) is 0 Å². The van der Waals surface area contributed by atoms with Crippen molar-refractivity contribution in [3.8, 4) is 0 Å². The van der Waals surface area contributed by atoms with Crippen LogP contribution in [0.1, 0.15) is 45.7 Å². The predicted octanol–water partition coefficient (Wildman–Crippen LogP) is 2.54. The Labute approximate surface area is 120 Å². The number of nitrogens with zero attached hydrogens (tertiary/aromatic N) is 3. The van der Waals surface area contributed by atoms with Gasteiger partial charge in [0.1, 0.15) is 6.33 Å². The largest absolute Gasteiger partial charge is 0.350 e. The van der Waals surface area contributed by atoms with Gasteiger partial charge in [0.2, 0.25) is 0 Å². The van der Waals surface area contributed by atoms with Gasteiger partial charge in [-0.2, -0.15) is 0 Å². The van der Waals surface area contributed by atoms with Crippen molar-refractivity contribution in [3.63, 3.8) is 0 Å². The first-order valence-corrected chi connectivity index (χ1v) is 7.62. The molecule has 2 heterocycles. The van der Waals surface area contributed by atoms with Crippen LogP contribution >= 0.6 is 0 Å². The molecule has 0 spiro atoms. The molecular formula is C15H25FN4. The number of aryl methyl sites for hydroxylation is 1. The summed E-state index contributed by atoms with van der Waals surface area (Å²) in [6.45, 7) is 7.93. The van der Waals surface area contributed by atoms with Gasteiger partial charge in [0.15, 0.2) is 11.6 Å². The maximum absolute atomic E-state index is 14.5. The van der Waals surface area contributed by atoms with Crippen LogP contribution < -0.4 is 10.2 Å². The number of nitrogens with one attached hydrogen (secondary N) is 1. The van der Waals surface area contributed by atoms with Crippen LogP contribution in [-0.4, -0.2) is 35.1 Å². The number of anilines is 1. The van der Waals surface area contributed by atoms with Gasteiger partial charge < -0.3 is 10.2 Å². The average molecular weight is 280 g/mol. The third kappa shape index (κ3) is 3.45. The molecule has 112 valence electrons. The van der Waals surface area contributed by atoms with Gasteiger partial charge in [-0.3, -0.25) is 0 Å². The molecule has 1 aliphatic heterocycles. The first-order chi connectivity index (χ1) is 9.63. The zero-order chi connectivity index (χ0) is 14.5. The van der Waals surface area contributed by atoms with Crippen LogP contribution in [0.4, 0.5) is 10.2 Å². The van der Waals surface area contributed by atoms with Crippen LogP contribution in [0.3, 0.4) is 0 Å². The van der Waals surface area contributed by atoms with Crippen LogP contribution in [-0.2, 0) is 6.42 Å². The minimum absolute atomic E-state index is 0.216. The molecule has 1 aliphatic rings. The monoisotopic (exact) mass is 280 g/mol. The fourth-order valence-electron chi connectivity index (χ4n) is 2.70. The second-order valence-corrected chi connectivity index (χ2v) is 5.70. The Morgan fingerprint density at radius 3 is 2.80 bits per heavy atom. The third-order valence-electron chi connectivity index (χ3n) is 3.90. The van der Waals surface area contributed by atoms with Gasteiger partial charge in [-0.25, -0.2) is 14.4 Å². The molecule has 0 radical (unpaired) electrons. The Morgan fingerprint density at radius 2 is 2.20 bits per heavy atom. The lowest BCUT2D eigenvalue weighted by molar-refractivity contribution is 0.390. The Bertz CT molecular complexity index is 430. The second kappa shape index (κ2) is 6.97. The van der Waals surface area contributed by atoms with E-state index < -0.39 is 0 Å². The Morgan fingerprint density at radius 1 is 1.40 bits per heavy atom. The molecule has 20 heavy (non-hydrogen) atoms. The molecule has 1 atom stereocenters. The summed E-state index contributed by atoms with van der Waals surface area (Å²) in [6.07, 6.45) is 5.70. The molecule has 1 fully saturated rings. The predicted molar refractivity (Wildman–Crippen MR) is 79.5 cm³/mol. The van der Waals surface area contributed by atoms with Crippen LogP contribution in [0.5, 0.6) is 0 Å². The van der Waals surface area contributed by atoms with Crippen molar-refractivity contribution in [2.75, 3.05) is 18.0 Å². The fraction of sp³-hybridized carbons (Fsp3) is 0.733. The maximum atomic E-state index is 14.5. The molecule has 5 heteroatoms. The van der Waals surface area contributed by atoms with Crippen molar-refractivity contribution in [2.45, 2.75) is 58.5 Å². The lowest BCUT2D eigenvalue weighted by atomic mass is 10.0. The number of aromatic nitrogens is 2. The zero-order valence-electron chi connectivity index (χ0n) is 12.7. The Balaban J connectivity index is 2.19. The molecule has 2 rings (SSSR count). The molecule has 0 aromatic carbocycles.